The minimum atomic E-state index is -3.91. The second kappa shape index (κ2) is 11.4. The number of benzene rings is 2. The van der Waals surface area contributed by atoms with Gasteiger partial charge in [0, 0.05) is 25.2 Å². The van der Waals surface area contributed by atoms with E-state index in [9.17, 15) is 23.3 Å². The Balaban J connectivity index is 1.80. The molecule has 2 aromatic carbocycles. The van der Waals surface area contributed by atoms with Crippen LogP contribution in [0.15, 0.2) is 53.4 Å². The van der Waals surface area contributed by atoms with Crippen molar-refractivity contribution in [1.29, 1.82) is 0 Å². The molecule has 0 radical (unpaired) electrons. The Morgan fingerprint density at radius 2 is 1.68 bits per heavy atom. The van der Waals surface area contributed by atoms with E-state index in [-0.39, 0.29) is 34.9 Å². The summed E-state index contributed by atoms with van der Waals surface area (Å²) in [7, 11) is -2.34. The van der Waals surface area contributed by atoms with E-state index in [0.29, 0.717) is 31.7 Å². The lowest BCUT2D eigenvalue weighted by Crippen LogP contribution is -2.37. The van der Waals surface area contributed by atoms with Crippen molar-refractivity contribution >= 4 is 21.7 Å². The molecule has 10 heteroatoms. The van der Waals surface area contributed by atoms with Gasteiger partial charge in [-0.3, -0.25) is 14.9 Å². The molecule has 0 bridgehead atoms. The molecule has 0 amide bonds. The molecule has 184 valence electrons. The van der Waals surface area contributed by atoms with Gasteiger partial charge in [0.25, 0.3) is 5.69 Å². The van der Waals surface area contributed by atoms with Gasteiger partial charge in [-0.2, -0.15) is 4.31 Å². The molecular formula is C24H30N2O7S. The van der Waals surface area contributed by atoms with Gasteiger partial charge < -0.3 is 9.47 Å². The molecule has 0 saturated heterocycles. The van der Waals surface area contributed by atoms with Gasteiger partial charge in [-0.15, -0.1) is 0 Å². The fourth-order valence-electron chi connectivity index (χ4n) is 4.20. The van der Waals surface area contributed by atoms with Gasteiger partial charge in [-0.1, -0.05) is 12.1 Å². The molecule has 0 N–H and O–H groups in total. The molecule has 34 heavy (non-hydrogen) atoms. The first kappa shape index (κ1) is 25.6. The number of ether oxygens (including phenoxy) is 2. The van der Waals surface area contributed by atoms with E-state index < -0.39 is 14.9 Å². The van der Waals surface area contributed by atoms with E-state index in [1.165, 1.54) is 28.6 Å². The van der Waals surface area contributed by atoms with Crippen LogP contribution in [0.1, 0.15) is 38.2 Å². The molecule has 1 fully saturated rings. The molecule has 1 saturated carbocycles. The zero-order valence-electron chi connectivity index (χ0n) is 19.4. The van der Waals surface area contributed by atoms with Crippen molar-refractivity contribution in [3.05, 3.63) is 64.2 Å². The van der Waals surface area contributed by atoms with Crippen LogP contribution >= 0.6 is 0 Å². The fourth-order valence-corrected chi connectivity index (χ4v) is 5.70. The lowest BCUT2D eigenvalue weighted by atomic mass is 9.82. The molecule has 2 aromatic rings. The van der Waals surface area contributed by atoms with Crippen LogP contribution in [0.25, 0.3) is 0 Å². The Labute approximate surface area is 199 Å². The van der Waals surface area contributed by atoms with Crippen molar-refractivity contribution in [3.63, 3.8) is 0 Å². The van der Waals surface area contributed by atoms with Crippen molar-refractivity contribution in [2.45, 2.75) is 44.0 Å². The molecule has 0 aliphatic heterocycles. The third-order valence-corrected chi connectivity index (χ3v) is 7.96. The van der Waals surface area contributed by atoms with Crippen LogP contribution < -0.4 is 4.74 Å². The summed E-state index contributed by atoms with van der Waals surface area (Å²) in [6, 6.07) is 12.1. The highest BCUT2D eigenvalue weighted by Crippen LogP contribution is 2.32. The predicted molar refractivity (Wildman–Crippen MR) is 126 cm³/mol. The standard InChI is InChI=1S/C24H30N2O7S/c1-3-33-24(27)20-8-4-18(5-9-20)16-25(17-19-6-12-22(32-2)13-7-19)34(30,31)23-14-10-21(11-15-23)26(28)29/h6-7,10-15,18,20H,3-5,8-9,16-17H2,1-2H3. The number of methoxy groups -OCH3 is 1. The Morgan fingerprint density at radius 3 is 2.21 bits per heavy atom. The molecule has 1 aliphatic rings. The summed E-state index contributed by atoms with van der Waals surface area (Å²) < 4.78 is 38.8. The quantitative estimate of drug-likeness (QED) is 0.279. The van der Waals surface area contributed by atoms with Crippen LogP contribution in [0.2, 0.25) is 0 Å². The number of carbonyl (C=O) groups excluding carboxylic acids is 1. The third kappa shape index (κ3) is 6.32. The van der Waals surface area contributed by atoms with Gasteiger partial charge >= 0.3 is 5.97 Å². The van der Waals surface area contributed by atoms with E-state index in [1.807, 2.05) is 12.1 Å². The van der Waals surface area contributed by atoms with E-state index >= 15 is 0 Å². The number of non-ortho nitro benzene ring substituents is 1. The number of nitrogens with zero attached hydrogens (tertiary/aromatic N) is 2. The third-order valence-electron chi connectivity index (χ3n) is 6.13. The second-order valence-corrected chi connectivity index (χ2v) is 10.3. The van der Waals surface area contributed by atoms with Gasteiger partial charge in [0.1, 0.15) is 5.75 Å². The largest absolute Gasteiger partial charge is 0.497 e. The number of nitro benzene ring substituents is 1. The highest BCUT2D eigenvalue weighted by atomic mass is 32.2. The van der Waals surface area contributed by atoms with Gasteiger partial charge in [0.05, 0.1) is 29.5 Å². The lowest BCUT2D eigenvalue weighted by molar-refractivity contribution is -0.384. The Hall–Kier alpha value is -2.98. The van der Waals surface area contributed by atoms with Crippen molar-refractivity contribution in [3.8, 4) is 5.75 Å². The van der Waals surface area contributed by atoms with Crippen molar-refractivity contribution in [2.75, 3.05) is 20.3 Å². The minimum absolute atomic E-state index is 0.00632. The smallest absolute Gasteiger partial charge is 0.308 e. The van der Waals surface area contributed by atoms with Crippen molar-refractivity contribution < 1.29 is 27.6 Å². The second-order valence-electron chi connectivity index (χ2n) is 8.37. The average molecular weight is 491 g/mol. The summed E-state index contributed by atoms with van der Waals surface area (Å²) in [5, 5.41) is 11.0. The number of hydrogen-bond acceptors (Lipinski definition) is 7. The SMILES string of the molecule is CCOC(=O)C1CCC(CN(Cc2ccc(OC)cc2)S(=O)(=O)c2ccc([N+](=O)[O-])cc2)CC1. The van der Waals surface area contributed by atoms with Crippen LogP contribution in [0.5, 0.6) is 5.75 Å². The van der Waals surface area contributed by atoms with E-state index in [0.717, 1.165) is 18.4 Å². The van der Waals surface area contributed by atoms with Gasteiger partial charge in [0.15, 0.2) is 0 Å². The normalized spacial score (nSPS) is 18.4. The first-order valence-electron chi connectivity index (χ1n) is 11.3. The number of hydrogen-bond donors (Lipinski definition) is 0. The van der Waals surface area contributed by atoms with E-state index in [1.54, 1.807) is 26.2 Å². The minimum Gasteiger partial charge on any atom is -0.497 e. The molecule has 0 atom stereocenters. The maximum Gasteiger partial charge on any atom is 0.308 e. The Bertz CT molecular complexity index is 1080. The average Bonchev–Trinajstić information content (AvgIpc) is 2.84. The molecule has 0 unspecified atom stereocenters. The number of rotatable bonds is 10. The maximum atomic E-state index is 13.5. The first-order valence-corrected chi connectivity index (χ1v) is 12.7. The van der Waals surface area contributed by atoms with Gasteiger partial charge in [-0.25, -0.2) is 8.42 Å². The number of sulfonamides is 1. The zero-order valence-corrected chi connectivity index (χ0v) is 20.2. The van der Waals surface area contributed by atoms with E-state index in [2.05, 4.69) is 0 Å². The van der Waals surface area contributed by atoms with Crippen molar-refractivity contribution in [1.82, 2.24) is 4.31 Å². The van der Waals surface area contributed by atoms with Crippen LogP contribution in [0.3, 0.4) is 0 Å². The van der Waals surface area contributed by atoms with Crippen LogP contribution in [0.4, 0.5) is 5.69 Å². The Kier molecular flexibility index (Phi) is 8.62. The summed E-state index contributed by atoms with van der Waals surface area (Å²) in [6.07, 6.45) is 2.77. The van der Waals surface area contributed by atoms with Crippen molar-refractivity contribution in [2.24, 2.45) is 11.8 Å². The molecule has 9 nitrogen and oxygen atoms in total. The molecule has 0 aromatic heterocycles. The first-order chi connectivity index (χ1) is 16.2. The fraction of sp³-hybridized carbons (Fsp3) is 0.458. The molecule has 0 heterocycles. The summed E-state index contributed by atoms with van der Waals surface area (Å²) >= 11 is 0. The topological polar surface area (TPSA) is 116 Å². The molecule has 1 aliphatic carbocycles. The zero-order chi connectivity index (χ0) is 24.7. The molecular weight excluding hydrogens is 460 g/mol. The molecule has 3 rings (SSSR count). The highest BCUT2D eigenvalue weighted by molar-refractivity contribution is 7.89. The predicted octanol–water partition coefficient (Wildman–Crippen LogP) is 4.16. The van der Waals surface area contributed by atoms with E-state index in [4.69, 9.17) is 9.47 Å². The van der Waals surface area contributed by atoms with Gasteiger partial charge in [-0.05, 0) is 68.4 Å². The monoisotopic (exact) mass is 490 g/mol. The van der Waals surface area contributed by atoms with Crippen LogP contribution in [0, 0.1) is 22.0 Å². The Morgan fingerprint density at radius 1 is 1.06 bits per heavy atom. The number of nitro groups is 1. The lowest BCUT2D eigenvalue weighted by Gasteiger charge is -2.31. The summed E-state index contributed by atoms with van der Waals surface area (Å²) in [6.45, 7) is 2.58. The number of carbonyl (C=O) groups is 1. The number of esters is 1. The summed E-state index contributed by atoms with van der Waals surface area (Å²) in [4.78, 5) is 22.5. The summed E-state index contributed by atoms with van der Waals surface area (Å²) in [5.41, 5.74) is 0.629. The molecule has 0 spiro atoms. The summed E-state index contributed by atoms with van der Waals surface area (Å²) in [5.74, 6) is 0.439. The van der Waals surface area contributed by atoms with Crippen LogP contribution in [-0.2, 0) is 26.1 Å². The van der Waals surface area contributed by atoms with Crippen LogP contribution in [-0.4, -0.2) is 43.9 Å². The highest BCUT2D eigenvalue weighted by Gasteiger charge is 2.32. The maximum absolute atomic E-state index is 13.5. The van der Waals surface area contributed by atoms with Gasteiger partial charge in [0.2, 0.25) is 10.0 Å².